The molecule has 1 amide bonds. The van der Waals surface area contributed by atoms with E-state index < -0.39 is 22.5 Å². The lowest BCUT2D eigenvalue weighted by atomic mass is 10.1. The first-order valence-corrected chi connectivity index (χ1v) is 10.1. The summed E-state index contributed by atoms with van der Waals surface area (Å²) in [6, 6.07) is 11.5. The molecule has 0 saturated heterocycles. The Morgan fingerprint density at radius 2 is 1.70 bits per heavy atom. The second-order valence-corrected chi connectivity index (χ2v) is 8.36. The first-order valence-electron chi connectivity index (χ1n) is 8.64. The highest BCUT2D eigenvalue weighted by Gasteiger charge is 2.16. The van der Waals surface area contributed by atoms with Crippen LogP contribution in [0.3, 0.4) is 0 Å². The summed E-state index contributed by atoms with van der Waals surface area (Å²) in [5, 5.41) is 6.37. The van der Waals surface area contributed by atoms with E-state index in [2.05, 4.69) is 15.2 Å². The standard InChI is InChI=1S/C19H21F2N3O5S/c1-13(14-4-10-17(11-5-14)30(26,27)24(2)3)23-28-12-18(25)22-15-6-8-16(9-7-15)29-19(20)21/h4-11,19H,12H2,1-3H3,(H,22,25)/b23-13+. The van der Waals surface area contributed by atoms with Crippen molar-refractivity contribution >= 4 is 27.3 Å². The molecule has 0 radical (unpaired) electrons. The Labute approximate surface area is 173 Å². The summed E-state index contributed by atoms with van der Waals surface area (Å²) in [6.07, 6.45) is 0. The molecule has 2 aromatic carbocycles. The molecule has 0 aliphatic carbocycles. The fraction of sp³-hybridized carbons (Fsp3) is 0.263. The van der Waals surface area contributed by atoms with Crippen LogP contribution in [0.1, 0.15) is 12.5 Å². The van der Waals surface area contributed by atoms with Crippen molar-refractivity contribution in [2.75, 3.05) is 26.0 Å². The van der Waals surface area contributed by atoms with Crippen LogP contribution in [0.15, 0.2) is 58.6 Å². The molecule has 1 N–H and O–H groups in total. The number of carbonyl (C=O) groups is 1. The number of benzene rings is 2. The van der Waals surface area contributed by atoms with Crippen LogP contribution in [0, 0.1) is 0 Å². The number of alkyl halides is 2. The van der Waals surface area contributed by atoms with Crippen molar-refractivity contribution in [1.29, 1.82) is 0 Å². The maximum Gasteiger partial charge on any atom is 0.387 e. The molecular formula is C19H21F2N3O5S. The molecule has 0 aromatic heterocycles. The van der Waals surface area contributed by atoms with Gasteiger partial charge in [-0.25, -0.2) is 12.7 Å². The Bertz CT molecular complexity index is 992. The lowest BCUT2D eigenvalue weighted by Crippen LogP contribution is -2.22. The minimum atomic E-state index is -3.52. The summed E-state index contributed by atoms with van der Waals surface area (Å²) in [5.41, 5.74) is 1.46. The van der Waals surface area contributed by atoms with Crippen LogP contribution in [-0.2, 0) is 19.7 Å². The average Bonchev–Trinajstić information content (AvgIpc) is 2.69. The van der Waals surface area contributed by atoms with E-state index in [0.29, 0.717) is 17.0 Å². The van der Waals surface area contributed by atoms with E-state index in [1.165, 1.54) is 50.5 Å². The molecule has 11 heteroatoms. The topological polar surface area (TPSA) is 97.3 Å². The maximum absolute atomic E-state index is 12.1. The fourth-order valence-electron chi connectivity index (χ4n) is 2.24. The van der Waals surface area contributed by atoms with Gasteiger partial charge in [-0.1, -0.05) is 17.3 Å². The first-order chi connectivity index (χ1) is 14.1. The molecule has 8 nitrogen and oxygen atoms in total. The highest BCUT2D eigenvalue weighted by molar-refractivity contribution is 7.89. The van der Waals surface area contributed by atoms with Gasteiger partial charge in [0.25, 0.3) is 5.91 Å². The van der Waals surface area contributed by atoms with E-state index in [9.17, 15) is 22.0 Å². The van der Waals surface area contributed by atoms with E-state index >= 15 is 0 Å². The van der Waals surface area contributed by atoms with Crippen molar-refractivity contribution in [3.05, 3.63) is 54.1 Å². The number of sulfonamides is 1. The third kappa shape index (κ3) is 6.49. The van der Waals surface area contributed by atoms with E-state index in [-0.39, 0.29) is 17.3 Å². The summed E-state index contributed by atoms with van der Waals surface area (Å²) < 4.78 is 53.7. The molecule has 0 atom stereocenters. The second-order valence-electron chi connectivity index (χ2n) is 6.21. The molecule has 0 aliphatic heterocycles. The summed E-state index contributed by atoms with van der Waals surface area (Å²) >= 11 is 0. The molecule has 0 bridgehead atoms. The fourth-order valence-corrected chi connectivity index (χ4v) is 3.14. The van der Waals surface area contributed by atoms with Crippen LogP contribution in [0.5, 0.6) is 5.75 Å². The van der Waals surface area contributed by atoms with Gasteiger partial charge in [-0.05, 0) is 48.9 Å². The van der Waals surface area contributed by atoms with Gasteiger partial charge in [0.1, 0.15) is 5.75 Å². The monoisotopic (exact) mass is 441 g/mol. The van der Waals surface area contributed by atoms with Gasteiger partial charge in [0, 0.05) is 19.8 Å². The summed E-state index contributed by atoms with van der Waals surface area (Å²) in [5.74, 6) is -0.523. The zero-order chi connectivity index (χ0) is 22.3. The third-order valence-electron chi connectivity index (χ3n) is 3.81. The SMILES string of the molecule is C/C(=N\OCC(=O)Nc1ccc(OC(F)F)cc1)c1ccc(S(=O)(=O)N(C)C)cc1. The van der Waals surface area contributed by atoms with Crippen molar-refractivity contribution in [3.8, 4) is 5.75 Å². The minimum Gasteiger partial charge on any atom is -0.435 e. The molecule has 0 fully saturated rings. The number of halogens is 2. The van der Waals surface area contributed by atoms with E-state index in [4.69, 9.17) is 4.84 Å². The van der Waals surface area contributed by atoms with Gasteiger partial charge in [-0.3, -0.25) is 4.79 Å². The zero-order valence-electron chi connectivity index (χ0n) is 16.5. The number of oxime groups is 1. The van der Waals surface area contributed by atoms with Crippen LogP contribution in [0.2, 0.25) is 0 Å². The quantitative estimate of drug-likeness (QED) is 0.477. The molecule has 0 saturated carbocycles. The number of rotatable bonds is 9. The van der Waals surface area contributed by atoms with E-state index in [1.807, 2.05) is 0 Å². The van der Waals surface area contributed by atoms with Gasteiger partial charge in [-0.2, -0.15) is 8.78 Å². The summed E-state index contributed by atoms with van der Waals surface area (Å²) in [7, 11) is -0.632. The van der Waals surface area contributed by atoms with Gasteiger partial charge >= 0.3 is 6.61 Å². The highest BCUT2D eigenvalue weighted by atomic mass is 32.2. The van der Waals surface area contributed by atoms with Gasteiger partial charge in [0.2, 0.25) is 10.0 Å². The number of nitrogens with zero attached hydrogens (tertiary/aromatic N) is 2. The molecule has 162 valence electrons. The number of anilines is 1. The predicted molar refractivity (Wildman–Crippen MR) is 107 cm³/mol. The number of amides is 1. The maximum atomic E-state index is 12.1. The van der Waals surface area contributed by atoms with Crippen molar-refractivity contribution < 1.29 is 31.6 Å². The smallest absolute Gasteiger partial charge is 0.387 e. The average molecular weight is 441 g/mol. The molecule has 0 unspecified atom stereocenters. The van der Waals surface area contributed by atoms with Crippen LogP contribution >= 0.6 is 0 Å². The Kier molecular flexibility index (Phi) is 7.84. The summed E-state index contributed by atoms with van der Waals surface area (Å²) in [4.78, 5) is 17.1. The van der Waals surface area contributed by atoms with Gasteiger partial charge < -0.3 is 14.9 Å². The van der Waals surface area contributed by atoms with Gasteiger partial charge in [0.15, 0.2) is 6.61 Å². The van der Waals surface area contributed by atoms with Crippen LogP contribution in [0.4, 0.5) is 14.5 Å². The Balaban J connectivity index is 1.89. The van der Waals surface area contributed by atoms with Crippen molar-refractivity contribution in [1.82, 2.24) is 4.31 Å². The lowest BCUT2D eigenvalue weighted by molar-refractivity contribution is -0.120. The van der Waals surface area contributed by atoms with Crippen LogP contribution in [0.25, 0.3) is 0 Å². The van der Waals surface area contributed by atoms with Crippen molar-refractivity contribution in [3.63, 3.8) is 0 Å². The van der Waals surface area contributed by atoms with Crippen molar-refractivity contribution in [2.45, 2.75) is 18.4 Å². The zero-order valence-corrected chi connectivity index (χ0v) is 17.3. The molecule has 2 rings (SSSR count). The number of carbonyl (C=O) groups excluding carboxylic acids is 1. The number of hydrogen-bond acceptors (Lipinski definition) is 6. The van der Waals surface area contributed by atoms with Gasteiger partial charge in [-0.15, -0.1) is 0 Å². The highest BCUT2D eigenvalue weighted by Crippen LogP contribution is 2.18. The molecular weight excluding hydrogens is 420 g/mol. The Morgan fingerprint density at radius 1 is 1.10 bits per heavy atom. The number of ether oxygens (including phenoxy) is 1. The Morgan fingerprint density at radius 3 is 2.23 bits per heavy atom. The van der Waals surface area contributed by atoms with Crippen LogP contribution in [-0.4, -0.2) is 51.7 Å². The third-order valence-corrected chi connectivity index (χ3v) is 5.64. The van der Waals surface area contributed by atoms with Crippen LogP contribution < -0.4 is 10.1 Å². The number of hydrogen-bond donors (Lipinski definition) is 1. The molecule has 30 heavy (non-hydrogen) atoms. The lowest BCUT2D eigenvalue weighted by Gasteiger charge is -2.11. The molecule has 0 spiro atoms. The Hall–Kier alpha value is -3.05. The van der Waals surface area contributed by atoms with E-state index in [1.54, 1.807) is 19.1 Å². The molecule has 0 heterocycles. The summed E-state index contributed by atoms with van der Waals surface area (Å²) in [6.45, 7) is -1.65. The molecule has 2 aromatic rings. The molecule has 0 aliphatic rings. The van der Waals surface area contributed by atoms with Gasteiger partial charge in [0.05, 0.1) is 10.6 Å². The first kappa shape index (κ1) is 23.2. The predicted octanol–water partition coefficient (Wildman–Crippen LogP) is 2.92. The number of nitrogens with one attached hydrogen (secondary N) is 1. The van der Waals surface area contributed by atoms with Crippen molar-refractivity contribution in [2.24, 2.45) is 5.16 Å². The van der Waals surface area contributed by atoms with E-state index in [0.717, 1.165) is 4.31 Å². The second kappa shape index (κ2) is 10.1. The minimum absolute atomic E-state index is 0.0242. The largest absolute Gasteiger partial charge is 0.435 e. The normalized spacial score (nSPS) is 12.2.